The summed E-state index contributed by atoms with van der Waals surface area (Å²) < 4.78 is 4.92. The molecule has 0 aliphatic heterocycles. The summed E-state index contributed by atoms with van der Waals surface area (Å²) >= 11 is 0. The molecular formula is C10H12N2O4. The van der Waals surface area contributed by atoms with Crippen molar-refractivity contribution < 1.29 is 19.4 Å². The van der Waals surface area contributed by atoms with E-state index in [0.717, 1.165) is 0 Å². The average Bonchev–Trinajstić information content (AvgIpc) is 2.28. The Bertz CT molecular complexity index is 388. The van der Waals surface area contributed by atoms with Crippen LogP contribution in [0.1, 0.15) is 0 Å². The van der Waals surface area contributed by atoms with Crippen LogP contribution in [0.15, 0.2) is 24.3 Å². The number of nitrogens with two attached hydrogens (primary N) is 1. The molecule has 0 spiro atoms. The van der Waals surface area contributed by atoms with Gasteiger partial charge in [0.2, 0.25) is 6.10 Å². The average molecular weight is 224 g/mol. The number of carbonyl (C=O) groups excluding carboxylic acids is 2. The summed E-state index contributed by atoms with van der Waals surface area (Å²) in [5.74, 6) is -1.32. The number of amides is 2. The predicted molar refractivity (Wildman–Crippen MR) is 56.8 cm³/mol. The number of nitrogens with one attached hydrogen (secondary N) is 1. The van der Waals surface area contributed by atoms with Gasteiger partial charge in [0.05, 0.1) is 7.11 Å². The van der Waals surface area contributed by atoms with Crippen LogP contribution in [-0.2, 0) is 9.59 Å². The molecule has 0 radical (unpaired) electrons. The van der Waals surface area contributed by atoms with Gasteiger partial charge in [0.25, 0.3) is 11.8 Å². The number of ether oxygens (including phenoxy) is 1. The number of carbonyl (C=O) groups is 2. The van der Waals surface area contributed by atoms with Crippen molar-refractivity contribution >= 4 is 17.5 Å². The summed E-state index contributed by atoms with van der Waals surface area (Å²) in [5, 5.41) is 11.4. The number of aliphatic hydroxyl groups is 1. The van der Waals surface area contributed by atoms with Crippen LogP contribution in [0, 0.1) is 0 Å². The van der Waals surface area contributed by atoms with Crippen molar-refractivity contribution in [2.75, 3.05) is 12.4 Å². The maximum atomic E-state index is 11.2. The Balaban J connectivity index is 2.66. The van der Waals surface area contributed by atoms with E-state index < -0.39 is 17.9 Å². The number of aliphatic hydroxyl groups excluding tert-OH is 1. The fourth-order valence-corrected chi connectivity index (χ4v) is 1.01. The molecule has 0 fully saturated rings. The molecule has 0 aliphatic rings. The summed E-state index contributed by atoms with van der Waals surface area (Å²) in [7, 11) is 1.52. The van der Waals surface area contributed by atoms with Gasteiger partial charge in [0, 0.05) is 5.69 Å². The lowest BCUT2D eigenvalue weighted by Gasteiger charge is -2.08. The Morgan fingerprint density at radius 3 is 2.38 bits per heavy atom. The van der Waals surface area contributed by atoms with Gasteiger partial charge in [0.15, 0.2) is 0 Å². The van der Waals surface area contributed by atoms with E-state index in [2.05, 4.69) is 5.32 Å². The van der Waals surface area contributed by atoms with Crippen molar-refractivity contribution in [3.63, 3.8) is 0 Å². The first-order valence-electron chi connectivity index (χ1n) is 4.47. The number of primary amides is 1. The standard InChI is InChI=1S/C10H12N2O4/c1-16-7-4-2-6(3-5-7)12-10(15)8(13)9(11)14/h2-5,8,13H,1H3,(H2,11,14)(H,12,15). The third-order valence-corrected chi connectivity index (χ3v) is 1.88. The molecule has 1 atom stereocenters. The lowest BCUT2D eigenvalue weighted by Crippen LogP contribution is -2.39. The highest BCUT2D eigenvalue weighted by Gasteiger charge is 2.20. The van der Waals surface area contributed by atoms with Crippen molar-refractivity contribution in [1.82, 2.24) is 0 Å². The molecule has 1 unspecified atom stereocenters. The third-order valence-electron chi connectivity index (χ3n) is 1.88. The van der Waals surface area contributed by atoms with Crippen molar-refractivity contribution in [3.8, 4) is 5.75 Å². The van der Waals surface area contributed by atoms with Crippen LogP contribution < -0.4 is 15.8 Å². The molecule has 0 bridgehead atoms. The summed E-state index contributed by atoms with van der Waals surface area (Å²) in [6, 6.07) is 6.41. The van der Waals surface area contributed by atoms with Gasteiger partial charge in [-0.25, -0.2) is 0 Å². The first-order chi connectivity index (χ1) is 7.54. The summed E-state index contributed by atoms with van der Waals surface area (Å²) in [6.07, 6.45) is -1.85. The van der Waals surface area contributed by atoms with E-state index in [0.29, 0.717) is 11.4 Å². The van der Waals surface area contributed by atoms with E-state index >= 15 is 0 Å². The second-order valence-electron chi connectivity index (χ2n) is 3.02. The van der Waals surface area contributed by atoms with Gasteiger partial charge in [-0.3, -0.25) is 9.59 Å². The Morgan fingerprint density at radius 2 is 1.94 bits per heavy atom. The zero-order chi connectivity index (χ0) is 12.1. The molecule has 86 valence electrons. The second-order valence-corrected chi connectivity index (χ2v) is 3.02. The largest absolute Gasteiger partial charge is 0.497 e. The molecule has 4 N–H and O–H groups in total. The molecule has 0 aromatic heterocycles. The fraction of sp³-hybridized carbons (Fsp3) is 0.200. The maximum Gasteiger partial charge on any atom is 0.263 e. The molecule has 1 aromatic carbocycles. The van der Waals surface area contributed by atoms with E-state index in [9.17, 15) is 9.59 Å². The van der Waals surface area contributed by atoms with Crippen LogP contribution in [0.25, 0.3) is 0 Å². The van der Waals surface area contributed by atoms with Gasteiger partial charge < -0.3 is 20.9 Å². The number of hydrogen-bond donors (Lipinski definition) is 3. The zero-order valence-corrected chi connectivity index (χ0v) is 8.64. The summed E-state index contributed by atoms with van der Waals surface area (Å²) in [5.41, 5.74) is 5.20. The molecule has 2 amide bonds. The second kappa shape index (κ2) is 5.13. The minimum absolute atomic E-state index is 0.436. The molecule has 6 heteroatoms. The molecule has 1 aromatic rings. The van der Waals surface area contributed by atoms with E-state index in [1.54, 1.807) is 24.3 Å². The SMILES string of the molecule is COc1ccc(NC(=O)C(O)C(N)=O)cc1. The Morgan fingerprint density at radius 1 is 1.38 bits per heavy atom. The van der Waals surface area contributed by atoms with Gasteiger partial charge in [-0.15, -0.1) is 0 Å². The number of anilines is 1. The number of hydrogen-bond acceptors (Lipinski definition) is 4. The molecule has 6 nitrogen and oxygen atoms in total. The smallest absolute Gasteiger partial charge is 0.263 e. The Kier molecular flexibility index (Phi) is 3.84. The Labute approximate surface area is 92.0 Å². The van der Waals surface area contributed by atoms with Crippen LogP contribution in [0.2, 0.25) is 0 Å². The van der Waals surface area contributed by atoms with Gasteiger partial charge >= 0.3 is 0 Å². The highest BCUT2D eigenvalue weighted by atomic mass is 16.5. The van der Waals surface area contributed by atoms with E-state index in [4.69, 9.17) is 15.6 Å². The highest BCUT2D eigenvalue weighted by molar-refractivity contribution is 6.08. The lowest BCUT2D eigenvalue weighted by molar-refractivity contribution is -0.136. The number of methoxy groups -OCH3 is 1. The molecular weight excluding hydrogens is 212 g/mol. The topological polar surface area (TPSA) is 102 Å². The van der Waals surface area contributed by atoms with E-state index in [1.165, 1.54) is 7.11 Å². The minimum atomic E-state index is -1.85. The van der Waals surface area contributed by atoms with Gasteiger partial charge in [-0.05, 0) is 24.3 Å². The molecule has 16 heavy (non-hydrogen) atoms. The maximum absolute atomic E-state index is 11.2. The fourth-order valence-electron chi connectivity index (χ4n) is 1.01. The third kappa shape index (κ3) is 2.96. The minimum Gasteiger partial charge on any atom is -0.497 e. The van der Waals surface area contributed by atoms with Crippen LogP contribution in [-0.4, -0.2) is 30.1 Å². The lowest BCUT2D eigenvalue weighted by atomic mass is 10.2. The molecule has 0 saturated carbocycles. The number of benzene rings is 1. The van der Waals surface area contributed by atoms with Crippen LogP contribution >= 0.6 is 0 Å². The molecule has 0 saturated heterocycles. The summed E-state index contributed by atoms with van der Waals surface area (Å²) in [6.45, 7) is 0. The van der Waals surface area contributed by atoms with Crippen molar-refractivity contribution in [2.24, 2.45) is 5.73 Å². The van der Waals surface area contributed by atoms with Crippen molar-refractivity contribution in [1.29, 1.82) is 0 Å². The quantitative estimate of drug-likeness (QED) is 0.599. The zero-order valence-electron chi connectivity index (χ0n) is 8.64. The van der Waals surface area contributed by atoms with Crippen LogP contribution in [0.5, 0.6) is 5.75 Å². The predicted octanol–water partition coefficient (Wildman–Crippen LogP) is -0.520. The van der Waals surface area contributed by atoms with Crippen molar-refractivity contribution in [2.45, 2.75) is 6.10 Å². The monoisotopic (exact) mass is 224 g/mol. The number of rotatable bonds is 4. The van der Waals surface area contributed by atoms with Gasteiger partial charge in [-0.1, -0.05) is 0 Å². The Hall–Kier alpha value is -2.08. The van der Waals surface area contributed by atoms with Gasteiger partial charge in [-0.2, -0.15) is 0 Å². The van der Waals surface area contributed by atoms with Crippen LogP contribution in [0.3, 0.4) is 0 Å². The van der Waals surface area contributed by atoms with Gasteiger partial charge in [0.1, 0.15) is 5.75 Å². The normalized spacial score (nSPS) is 11.6. The molecule has 0 aliphatic carbocycles. The van der Waals surface area contributed by atoms with E-state index in [-0.39, 0.29) is 0 Å². The first-order valence-corrected chi connectivity index (χ1v) is 4.47. The highest BCUT2D eigenvalue weighted by Crippen LogP contribution is 2.14. The first kappa shape index (κ1) is 12.0. The molecule has 0 heterocycles. The van der Waals surface area contributed by atoms with Crippen LogP contribution in [0.4, 0.5) is 5.69 Å². The summed E-state index contributed by atoms with van der Waals surface area (Å²) in [4.78, 5) is 21.7. The van der Waals surface area contributed by atoms with E-state index in [1.807, 2.05) is 0 Å². The molecule has 1 rings (SSSR count). The van der Waals surface area contributed by atoms with Crippen molar-refractivity contribution in [3.05, 3.63) is 24.3 Å².